The van der Waals surface area contributed by atoms with Gasteiger partial charge in [0, 0.05) is 0 Å². The molecule has 1 aromatic carbocycles. The van der Waals surface area contributed by atoms with Crippen molar-refractivity contribution in [3.63, 3.8) is 0 Å². The Hall–Kier alpha value is -3.19. The highest BCUT2D eigenvalue weighted by atomic mass is 19.4. The lowest BCUT2D eigenvalue weighted by molar-refractivity contribution is -0.389. The average molecular weight is 428 g/mol. The van der Waals surface area contributed by atoms with Crippen LogP contribution in [0.4, 0.5) is 42.2 Å². The Morgan fingerprint density at radius 2 is 1.72 bits per heavy atom. The van der Waals surface area contributed by atoms with Crippen molar-refractivity contribution in [2.75, 3.05) is 5.32 Å². The van der Waals surface area contributed by atoms with Crippen molar-refractivity contribution in [1.29, 1.82) is 0 Å². The summed E-state index contributed by atoms with van der Waals surface area (Å²) in [7, 11) is 0. The molecule has 0 saturated carbocycles. The molecule has 2 rings (SSSR count). The number of hydrogen-bond donors (Lipinski definition) is 1. The molecule has 0 aliphatic heterocycles. The maximum Gasteiger partial charge on any atom is 0.422 e. The van der Waals surface area contributed by atoms with E-state index in [1.165, 1.54) is 19.2 Å². The molecule has 0 bridgehead atoms. The fraction of sp³-hybridized carbons (Fsp3) is 0.333. The molecule has 14 heteroatoms. The number of rotatable bonds is 5. The summed E-state index contributed by atoms with van der Waals surface area (Å²) in [5.74, 6) is -12.3. The Bertz CT molecular complexity index is 958. The number of aryl methyl sites for hydroxylation is 1. The standard InChI is InChI=1S/C15H11F7N4O3/c1-3-6(25-5(2)4-7(24-25)26(28)29)14(27)23-13-11(18)9(16)8(15(20,21)22)10(17)12(13)19/h4,6H,3H2,1-2H3,(H,23,27). The van der Waals surface area contributed by atoms with Gasteiger partial charge in [0.1, 0.15) is 11.3 Å². The van der Waals surface area contributed by atoms with E-state index >= 15 is 0 Å². The maximum atomic E-state index is 13.9. The number of carbonyl (C=O) groups excluding carboxylic acids is 1. The van der Waals surface area contributed by atoms with E-state index in [4.69, 9.17) is 0 Å². The van der Waals surface area contributed by atoms with Crippen LogP contribution in [0.25, 0.3) is 0 Å². The zero-order valence-corrected chi connectivity index (χ0v) is 14.6. The van der Waals surface area contributed by atoms with Crippen molar-refractivity contribution in [3.8, 4) is 0 Å². The smallest absolute Gasteiger partial charge is 0.358 e. The minimum Gasteiger partial charge on any atom is -0.358 e. The molecular weight excluding hydrogens is 417 g/mol. The molecule has 1 atom stereocenters. The highest BCUT2D eigenvalue weighted by molar-refractivity contribution is 5.94. The molecule has 1 aromatic heterocycles. The van der Waals surface area contributed by atoms with E-state index in [-0.39, 0.29) is 12.1 Å². The van der Waals surface area contributed by atoms with Crippen LogP contribution in [-0.4, -0.2) is 20.6 Å². The van der Waals surface area contributed by atoms with Gasteiger partial charge in [-0.1, -0.05) is 6.92 Å². The van der Waals surface area contributed by atoms with Gasteiger partial charge < -0.3 is 15.4 Å². The summed E-state index contributed by atoms with van der Waals surface area (Å²) in [6.45, 7) is 2.71. The molecule has 0 aliphatic carbocycles. The minimum absolute atomic E-state index is 0.101. The van der Waals surface area contributed by atoms with E-state index in [2.05, 4.69) is 5.10 Å². The first-order valence-electron chi connectivity index (χ1n) is 7.75. The lowest BCUT2D eigenvalue weighted by Crippen LogP contribution is -2.29. The van der Waals surface area contributed by atoms with E-state index in [0.29, 0.717) is 0 Å². The van der Waals surface area contributed by atoms with Crippen LogP contribution in [-0.2, 0) is 11.0 Å². The third-order valence-corrected chi connectivity index (χ3v) is 3.88. The average Bonchev–Trinajstić information content (AvgIpc) is 2.98. The number of benzene rings is 1. The van der Waals surface area contributed by atoms with Crippen molar-refractivity contribution < 1.29 is 40.5 Å². The Labute approximate surface area is 157 Å². The second-order valence-corrected chi connectivity index (χ2v) is 5.76. The number of halogens is 7. The van der Waals surface area contributed by atoms with Crippen molar-refractivity contribution >= 4 is 17.4 Å². The molecule has 1 amide bonds. The first-order valence-corrected chi connectivity index (χ1v) is 7.75. The number of nitro groups is 1. The van der Waals surface area contributed by atoms with Crippen molar-refractivity contribution in [2.45, 2.75) is 32.5 Å². The molecule has 158 valence electrons. The topological polar surface area (TPSA) is 90.1 Å². The second-order valence-electron chi connectivity index (χ2n) is 5.76. The Kier molecular flexibility index (Phi) is 5.85. The van der Waals surface area contributed by atoms with Crippen LogP contribution in [0.2, 0.25) is 0 Å². The molecule has 0 spiro atoms. The zero-order chi connectivity index (χ0) is 22.3. The summed E-state index contributed by atoms with van der Waals surface area (Å²) in [5, 5.41) is 15.8. The summed E-state index contributed by atoms with van der Waals surface area (Å²) in [6, 6.07) is -0.426. The van der Waals surface area contributed by atoms with Gasteiger partial charge in [-0.15, -0.1) is 0 Å². The van der Waals surface area contributed by atoms with E-state index in [1.807, 2.05) is 0 Å². The van der Waals surface area contributed by atoms with Gasteiger partial charge in [0.2, 0.25) is 0 Å². The summed E-state index contributed by atoms with van der Waals surface area (Å²) in [5.41, 5.74) is -4.45. The number of alkyl halides is 3. The van der Waals surface area contributed by atoms with Gasteiger partial charge in [-0.2, -0.15) is 17.9 Å². The lowest BCUT2D eigenvalue weighted by atomic mass is 10.1. The van der Waals surface area contributed by atoms with Gasteiger partial charge in [-0.3, -0.25) is 4.79 Å². The zero-order valence-electron chi connectivity index (χ0n) is 14.6. The number of anilines is 1. The number of amides is 1. The number of aromatic nitrogens is 2. The van der Waals surface area contributed by atoms with Crippen LogP contribution in [0.5, 0.6) is 0 Å². The van der Waals surface area contributed by atoms with Crippen molar-refractivity contribution in [3.05, 3.63) is 50.7 Å². The summed E-state index contributed by atoms with van der Waals surface area (Å²) in [4.78, 5) is 22.2. The first kappa shape index (κ1) is 22.1. The Morgan fingerprint density at radius 3 is 2.10 bits per heavy atom. The van der Waals surface area contributed by atoms with Gasteiger partial charge in [0.25, 0.3) is 5.91 Å². The molecule has 2 aromatic rings. The van der Waals surface area contributed by atoms with Crippen LogP contribution in [0, 0.1) is 40.3 Å². The second kappa shape index (κ2) is 7.67. The maximum absolute atomic E-state index is 13.9. The molecule has 0 saturated heterocycles. The molecule has 1 unspecified atom stereocenters. The van der Waals surface area contributed by atoms with Gasteiger partial charge in [-0.25, -0.2) is 17.6 Å². The predicted octanol–water partition coefficient (Wildman–Crippen LogP) is 4.26. The van der Waals surface area contributed by atoms with Crippen molar-refractivity contribution in [2.24, 2.45) is 0 Å². The fourth-order valence-corrected chi connectivity index (χ4v) is 2.54. The quantitative estimate of drug-likeness (QED) is 0.334. The largest absolute Gasteiger partial charge is 0.422 e. The van der Waals surface area contributed by atoms with Crippen molar-refractivity contribution in [1.82, 2.24) is 9.78 Å². The van der Waals surface area contributed by atoms with Crippen LogP contribution in [0.1, 0.15) is 30.6 Å². The fourth-order valence-electron chi connectivity index (χ4n) is 2.54. The minimum atomic E-state index is -5.73. The third kappa shape index (κ3) is 4.00. The Balaban J connectivity index is 2.48. The molecule has 1 N–H and O–H groups in total. The number of carbonyl (C=O) groups is 1. The Morgan fingerprint density at radius 1 is 1.21 bits per heavy atom. The summed E-state index contributed by atoms with van der Waals surface area (Å²) < 4.78 is 93.9. The predicted molar refractivity (Wildman–Crippen MR) is 82.9 cm³/mol. The number of nitrogens with zero attached hydrogens (tertiary/aromatic N) is 3. The van der Waals surface area contributed by atoms with Gasteiger partial charge in [-0.05, 0) is 18.3 Å². The van der Waals surface area contributed by atoms with Crippen LogP contribution in [0.3, 0.4) is 0 Å². The first-order chi connectivity index (χ1) is 13.3. The summed E-state index contributed by atoms with van der Waals surface area (Å²) >= 11 is 0. The third-order valence-electron chi connectivity index (χ3n) is 3.88. The normalized spacial score (nSPS) is 12.7. The molecule has 7 nitrogen and oxygen atoms in total. The molecule has 0 fully saturated rings. The molecule has 0 radical (unpaired) electrons. The van der Waals surface area contributed by atoms with E-state index < -0.39 is 63.4 Å². The van der Waals surface area contributed by atoms with E-state index in [9.17, 15) is 45.6 Å². The van der Waals surface area contributed by atoms with Gasteiger partial charge in [0.15, 0.2) is 29.3 Å². The molecule has 1 heterocycles. The van der Waals surface area contributed by atoms with Gasteiger partial charge >= 0.3 is 12.0 Å². The van der Waals surface area contributed by atoms with Crippen LogP contribution < -0.4 is 5.32 Å². The molecule has 29 heavy (non-hydrogen) atoms. The SMILES string of the molecule is CCC(C(=O)Nc1c(F)c(F)c(C(F)(F)F)c(F)c1F)n1nc([N+](=O)[O-])cc1C. The lowest BCUT2D eigenvalue weighted by Gasteiger charge is -2.17. The highest BCUT2D eigenvalue weighted by Crippen LogP contribution is 2.38. The van der Waals surface area contributed by atoms with Crippen LogP contribution in [0.15, 0.2) is 6.07 Å². The molecule has 0 aliphatic rings. The van der Waals surface area contributed by atoms with E-state index in [1.54, 1.807) is 0 Å². The van der Waals surface area contributed by atoms with E-state index in [0.717, 1.165) is 10.7 Å². The highest BCUT2D eigenvalue weighted by Gasteiger charge is 2.43. The van der Waals surface area contributed by atoms with Gasteiger partial charge in [0.05, 0.1) is 16.9 Å². The summed E-state index contributed by atoms with van der Waals surface area (Å²) in [6.07, 6.45) is -5.87. The number of hydrogen-bond acceptors (Lipinski definition) is 4. The monoisotopic (exact) mass is 428 g/mol. The molecular formula is C15H11F7N4O3. The number of nitrogens with one attached hydrogen (secondary N) is 1. The van der Waals surface area contributed by atoms with Crippen LogP contribution >= 0.6 is 0 Å².